The minimum atomic E-state index is 0. The number of hydrogen-bond donors (Lipinski definition) is 3. The smallest absolute Gasteiger partial charge is 0.358 e. The normalized spacial score (nSPS) is 9.94. The molecule has 3 aromatic heterocycles. The number of rotatable bonds is 9. The first-order chi connectivity index (χ1) is 13.6. The largest absolute Gasteiger partial charge is 3.00 e. The monoisotopic (exact) mass is 473 g/mol. The maximum Gasteiger partial charge on any atom is 3.00 e. The molecule has 175 valence electrons. The Labute approximate surface area is 211 Å². The fourth-order valence-electron chi connectivity index (χ4n) is 4.36. The van der Waals surface area contributed by atoms with Crippen molar-refractivity contribution >= 4 is 23.1 Å². The summed E-state index contributed by atoms with van der Waals surface area (Å²) in [5, 5.41) is 24.0. The van der Waals surface area contributed by atoms with Crippen LogP contribution in [-0.4, -0.2) is 37.3 Å². The van der Waals surface area contributed by atoms with Gasteiger partial charge in [0.2, 0.25) is 0 Å². The third-order valence-corrected chi connectivity index (χ3v) is 5.82. The van der Waals surface area contributed by atoms with E-state index in [9.17, 15) is 0 Å². The fraction of sp³-hybridized carbons (Fsp3) is 0.500. The van der Waals surface area contributed by atoms with Crippen LogP contribution in [-0.2, 0) is 60.2 Å². The predicted molar refractivity (Wildman–Crippen MR) is 136 cm³/mol. The molecule has 0 aromatic carbocycles. The standard InChI is InChI=1S/C21H33BN6.3CH3.Ti/c1-7-13-19(14(8-2)24-23-13)22(20-15(9-3)25-26-16(20)10-4)21-17(11-5)27-28-18(21)12-6;;;;/h7-12H2,1-6H3,(H,23,24)(H,25,26)(H,27,28);3*1H3;/q;3*-1;+3. The SMILES string of the molecule is CCc1n[nH]c(CC)c1B(c1c(CC)n[nH]c1CC)c1c(CC)n[nH]c1CC.[CH3-].[CH3-].[CH3-].[Ti+3]. The molecule has 3 aromatic rings. The number of aromatic amines is 3. The molecule has 0 bridgehead atoms. The Morgan fingerprint density at radius 1 is 0.500 bits per heavy atom. The Balaban J connectivity index is 0. The van der Waals surface area contributed by atoms with Crippen molar-refractivity contribution in [1.82, 2.24) is 30.6 Å². The van der Waals surface area contributed by atoms with Gasteiger partial charge in [0.05, 0.1) is 17.1 Å². The zero-order valence-corrected chi connectivity index (χ0v) is 23.2. The second-order valence-corrected chi connectivity index (χ2v) is 7.24. The maximum absolute atomic E-state index is 4.68. The molecule has 0 spiro atoms. The van der Waals surface area contributed by atoms with Gasteiger partial charge in [0.25, 0.3) is 6.71 Å². The van der Waals surface area contributed by atoms with Gasteiger partial charge in [0.15, 0.2) is 0 Å². The molecule has 6 nitrogen and oxygen atoms in total. The van der Waals surface area contributed by atoms with Crippen molar-refractivity contribution in [1.29, 1.82) is 0 Å². The van der Waals surface area contributed by atoms with Gasteiger partial charge in [0.1, 0.15) is 0 Å². The molecule has 8 heteroatoms. The summed E-state index contributed by atoms with van der Waals surface area (Å²) < 4.78 is 0. The van der Waals surface area contributed by atoms with Crippen molar-refractivity contribution in [3.63, 3.8) is 0 Å². The zero-order chi connectivity index (χ0) is 20.3. The number of nitrogens with one attached hydrogen (secondary N) is 3. The molecule has 0 unspecified atom stereocenters. The summed E-state index contributed by atoms with van der Waals surface area (Å²) in [6.07, 6.45) is 5.51. The van der Waals surface area contributed by atoms with Crippen LogP contribution in [0.2, 0.25) is 0 Å². The van der Waals surface area contributed by atoms with Crippen LogP contribution in [0.4, 0.5) is 0 Å². The number of nitrogens with zero attached hydrogens (tertiary/aromatic N) is 3. The van der Waals surface area contributed by atoms with E-state index >= 15 is 0 Å². The van der Waals surface area contributed by atoms with E-state index in [-0.39, 0.29) is 50.7 Å². The molecule has 0 aliphatic heterocycles. The van der Waals surface area contributed by atoms with E-state index in [1.54, 1.807) is 0 Å². The maximum atomic E-state index is 4.68. The average molecular weight is 473 g/mol. The van der Waals surface area contributed by atoms with Gasteiger partial charge in [-0.15, -0.1) is 0 Å². The third-order valence-electron chi connectivity index (χ3n) is 5.82. The Hall–Kier alpha value is -1.59. The molecule has 32 heavy (non-hydrogen) atoms. The molecule has 3 rings (SSSR count). The van der Waals surface area contributed by atoms with Crippen LogP contribution in [0.1, 0.15) is 75.7 Å². The first-order valence-corrected chi connectivity index (χ1v) is 10.8. The van der Waals surface area contributed by atoms with Crippen molar-refractivity contribution in [3.05, 3.63) is 56.4 Å². The van der Waals surface area contributed by atoms with E-state index in [0.717, 1.165) is 55.6 Å². The Kier molecular flexibility index (Phi) is 14.8. The van der Waals surface area contributed by atoms with Gasteiger partial charge in [0, 0.05) is 17.1 Å². The average Bonchev–Trinajstić information content (AvgIpc) is 3.44. The summed E-state index contributed by atoms with van der Waals surface area (Å²) >= 11 is 0. The van der Waals surface area contributed by atoms with E-state index in [2.05, 4.69) is 72.1 Å². The molecule has 1 radical (unpaired) electrons. The first-order valence-electron chi connectivity index (χ1n) is 10.8. The van der Waals surface area contributed by atoms with Gasteiger partial charge in [-0.1, -0.05) is 41.5 Å². The van der Waals surface area contributed by atoms with Gasteiger partial charge in [-0.25, -0.2) is 0 Å². The number of hydrogen-bond acceptors (Lipinski definition) is 3. The summed E-state index contributed by atoms with van der Waals surface area (Å²) in [6, 6.07) is 0. The molecule has 0 amide bonds. The summed E-state index contributed by atoms with van der Waals surface area (Å²) in [5.74, 6) is 0. The van der Waals surface area contributed by atoms with Crippen LogP contribution in [0.3, 0.4) is 0 Å². The van der Waals surface area contributed by atoms with Gasteiger partial charge < -0.3 is 22.3 Å². The van der Waals surface area contributed by atoms with Crippen LogP contribution in [0.5, 0.6) is 0 Å². The molecule has 3 heterocycles. The predicted octanol–water partition coefficient (Wildman–Crippen LogP) is 3.09. The van der Waals surface area contributed by atoms with E-state index in [0.29, 0.717) is 0 Å². The van der Waals surface area contributed by atoms with Crippen molar-refractivity contribution in [2.24, 2.45) is 0 Å². The topological polar surface area (TPSA) is 86.0 Å². The minimum absolute atomic E-state index is 0. The first kappa shape index (κ1) is 32.6. The molecule has 0 saturated heterocycles. The van der Waals surface area contributed by atoms with Gasteiger partial charge in [-0.05, 0) is 54.9 Å². The quantitative estimate of drug-likeness (QED) is 0.330. The van der Waals surface area contributed by atoms with E-state index in [1.807, 2.05) is 0 Å². The fourth-order valence-corrected chi connectivity index (χ4v) is 4.36. The number of H-pyrrole nitrogens is 3. The number of aromatic nitrogens is 6. The van der Waals surface area contributed by atoms with Crippen molar-refractivity contribution in [2.75, 3.05) is 0 Å². The van der Waals surface area contributed by atoms with Crippen LogP contribution < -0.4 is 16.4 Å². The Bertz CT molecular complexity index is 743. The van der Waals surface area contributed by atoms with Crippen molar-refractivity contribution in [2.45, 2.75) is 80.1 Å². The number of aryl methyl sites for hydroxylation is 6. The van der Waals surface area contributed by atoms with Gasteiger partial charge in [-0.3, -0.25) is 15.3 Å². The summed E-state index contributed by atoms with van der Waals surface area (Å²) in [4.78, 5) is 0. The molecular formula is C24H42BN6Ti. The Morgan fingerprint density at radius 2 is 0.750 bits per heavy atom. The summed E-state index contributed by atoms with van der Waals surface area (Å²) in [5.41, 5.74) is 11.1. The van der Waals surface area contributed by atoms with E-state index < -0.39 is 0 Å². The second-order valence-electron chi connectivity index (χ2n) is 7.24. The van der Waals surface area contributed by atoms with Gasteiger partial charge >= 0.3 is 21.7 Å². The minimum Gasteiger partial charge on any atom is -0.358 e. The van der Waals surface area contributed by atoms with E-state index in [4.69, 9.17) is 0 Å². The molecule has 0 aliphatic rings. The summed E-state index contributed by atoms with van der Waals surface area (Å²) in [7, 11) is 0. The summed E-state index contributed by atoms with van der Waals surface area (Å²) in [6.45, 7) is 13.2. The van der Waals surface area contributed by atoms with Gasteiger partial charge in [-0.2, -0.15) is 15.3 Å². The van der Waals surface area contributed by atoms with E-state index in [1.165, 1.54) is 33.5 Å². The molecule has 0 saturated carbocycles. The third kappa shape index (κ3) is 5.66. The van der Waals surface area contributed by atoms with Crippen molar-refractivity contribution in [3.8, 4) is 0 Å². The molecule has 3 N–H and O–H groups in total. The molecular weight excluding hydrogens is 431 g/mol. The molecule has 0 aliphatic carbocycles. The van der Waals surface area contributed by atoms with Crippen LogP contribution in [0.25, 0.3) is 0 Å². The molecule has 0 atom stereocenters. The van der Waals surface area contributed by atoms with Crippen LogP contribution in [0, 0.1) is 22.3 Å². The van der Waals surface area contributed by atoms with Crippen LogP contribution >= 0.6 is 0 Å². The zero-order valence-electron chi connectivity index (χ0n) is 21.7. The second kappa shape index (κ2) is 14.5. The Morgan fingerprint density at radius 3 is 0.938 bits per heavy atom. The van der Waals surface area contributed by atoms with Crippen LogP contribution in [0.15, 0.2) is 0 Å². The van der Waals surface area contributed by atoms with Crippen molar-refractivity contribution < 1.29 is 21.7 Å². The molecule has 0 fully saturated rings.